The molecule has 1 N–H and O–H groups in total. The minimum Gasteiger partial charge on any atom is -0.497 e. The molecular formula is C23H31NO3. The van der Waals surface area contributed by atoms with E-state index < -0.39 is 0 Å². The van der Waals surface area contributed by atoms with Crippen LogP contribution in [0.1, 0.15) is 56.8 Å². The van der Waals surface area contributed by atoms with E-state index in [1.54, 1.807) is 14.2 Å². The molecule has 0 fully saturated rings. The molecule has 0 aromatic heterocycles. The van der Waals surface area contributed by atoms with E-state index in [2.05, 4.69) is 50.4 Å². The monoisotopic (exact) mass is 369 g/mol. The quantitative estimate of drug-likeness (QED) is 0.762. The summed E-state index contributed by atoms with van der Waals surface area (Å²) >= 11 is 0. The molecule has 0 bridgehead atoms. The third kappa shape index (κ3) is 5.75. The minimum absolute atomic E-state index is 0.0206. The standard InChI is InChI=1S/C23H31NO3/c1-16(20-15-19(26-5)12-13-21(20)27-6)24-22(25)14-9-17-7-10-18(11-8-17)23(2,3)4/h7-8,10-13,15-16H,9,14H2,1-6H3,(H,24,25)/t16-/m1/s1. The summed E-state index contributed by atoms with van der Waals surface area (Å²) in [5, 5.41) is 3.05. The second-order valence-corrected chi connectivity index (χ2v) is 7.84. The zero-order valence-corrected chi connectivity index (χ0v) is 17.3. The number of hydrogen-bond acceptors (Lipinski definition) is 3. The molecule has 4 nitrogen and oxygen atoms in total. The Morgan fingerprint density at radius 2 is 1.70 bits per heavy atom. The Morgan fingerprint density at radius 1 is 1.04 bits per heavy atom. The number of hydrogen-bond donors (Lipinski definition) is 1. The molecule has 0 aliphatic carbocycles. The maximum Gasteiger partial charge on any atom is 0.220 e. The lowest BCUT2D eigenvalue weighted by atomic mass is 9.86. The van der Waals surface area contributed by atoms with E-state index in [1.165, 1.54) is 11.1 Å². The molecule has 0 spiro atoms. The van der Waals surface area contributed by atoms with Crippen molar-refractivity contribution in [2.24, 2.45) is 0 Å². The normalized spacial score (nSPS) is 12.4. The summed E-state index contributed by atoms with van der Waals surface area (Å²) in [4.78, 5) is 12.4. The van der Waals surface area contributed by atoms with Gasteiger partial charge in [0, 0.05) is 12.0 Å². The summed E-state index contributed by atoms with van der Waals surface area (Å²) in [5.74, 6) is 1.50. The molecule has 0 saturated heterocycles. The van der Waals surface area contributed by atoms with Crippen LogP contribution in [-0.4, -0.2) is 20.1 Å². The molecule has 1 amide bonds. The van der Waals surface area contributed by atoms with E-state index in [0.29, 0.717) is 6.42 Å². The molecule has 0 aliphatic rings. The van der Waals surface area contributed by atoms with Gasteiger partial charge in [-0.2, -0.15) is 0 Å². The highest BCUT2D eigenvalue weighted by atomic mass is 16.5. The highest BCUT2D eigenvalue weighted by molar-refractivity contribution is 5.76. The maximum absolute atomic E-state index is 12.4. The number of amides is 1. The Kier molecular flexibility index (Phi) is 6.89. The first-order chi connectivity index (χ1) is 12.7. The Balaban J connectivity index is 1.95. The first-order valence-electron chi connectivity index (χ1n) is 9.35. The molecule has 2 rings (SSSR count). The number of ether oxygens (including phenoxy) is 2. The van der Waals surface area contributed by atoms with Crippen LogP contribution in [0.3, 0.4) is 0 Å². The molecular weight excluding hydrogens is 338 g/mol. The fourth-order valence-electron chi connectivity index (χ4n) is 3.00. The molecule has 0 saturated carbocycles. The Morgan fingerprint density at radius 3 is 2.26 bits per heavy atom. The molecule has 0 aliphatic heterocycles. The van der Waals surface area contributed by atoms with E-state index in [0.717, 1.165) is 23.5 Å². The molecule has 0 unspecified atom stereocenters. The van der Waals surface area contributed by atoms with Crippen molar-refractivity contribution >= 4 is 5.91 Å². The summed E-state index contributed by atoms with van der Waals surface area (Å²) in [5.41, 5.74) is 3.51. The summed E-state index contributed by atoms with van der Waals surface area (Å²) in [6.07, 6.45) is 1.17. The average molecular weight is 370 g/mol. The first kappa shape index (κ1) is 20.8. The highest BCUT2D eigenvalue weighted by Crippen LogP contribution is 2.29. The van der Waals surface area contributed by atoms with Gasteiger partial charge in [0.1, 0.15) is 11.5 Å². The zero-order chi connectivity index (χ0) is 20.0. The van der Waals surface area contributed by atoms with Crippen LogP contribution in [0.2, 0.25) is 0 Å². The van der Waals surface area contributed by atoms with Gasteiger partial charge in [-0.3, -0.25) is 4.79 Å². The van der Waals surface area contributed by atoms with Crippen LogP contribution in [0, 0.1) is 0 Å². The van der Waals surface area contributed by atoms with Crippen LogP contribution in [0.25, 0.3) is 0 Å². The lowest BCUT2D eigenvalue weighted by Gasteiger charge is -2.19. The molecule has 146 valence electrons. The molecule has 27 heavy (non-hydrogen) atoms. The van der Waals surface area contributed by atoms with Crippen molar-refractivity contribution in [1.29, 1.82) is 0 Å². The van der Waals surface area contributed by atoms with Crippen LogP contribution in [0.4, 0.5) is 0 Å². The fraction of sp³-hybridized carbons (Fsp3) is 0.435. The van der Waals surface area contributed by atoms with Gasteiger partial charge in [0.05, 0.1) is 20.3 Å². The van der Waals surface area contributed by atoms with Gasteiger partial charge in [-0.1, -0.05) is 45.0 Å². The van der Waals surface area contributed by atoms with Crippen molar-refractivity contribution in [2.45, 2.75) is 52.0 Å². The maximum atomic E-state index is 12.4. The van der Waals surface area contributed by atoms with Crippen LogP contribution in [0.15, 0.2) is 42.5 Å². The van der Waals surface area contributed by atoms with Crippen LogP contribution in [0.5, 0.6) is 11.5 Å². The van der Waals surface area contributed by atoms with Gasteiger partial charge in [0.2, 0.25) is 5.91 Å². The predicted molar refractivity (Wildman–Crippen MR) is 110 cm³/mol. The predicted octanol–water partition coefficient (Wildman–Crippen LogP) is 4.81. The molecule has 4 heteroatoms. The first-order valence-corrected chi connectivity index (χ1v) is 9.35. The summed E-state index contributed by atoms with van der Waals surface area (Å²) < 4.78 is 10.7. The lowest BCUT2D eigenvalue weighted by Crippen LogP contribution is -2.27. The van der Waals surface area contributed by atoms with Gasteiger partial charge < -0.3 is 14.8 Å². The minimum atomic E-state index is -0.161. The number of benzene rings is 2. The van der Waals surface area contributed by atoms with Gasteiger partial charge in [-0.05, 0) is 48.1 Å². The van der Waals surface area contributed by atoms with Gasteiger partial charge in [0.15, 0.2) is 0 Å². The van der Waals surface area contributed by atoms with Gasteiger partial charge in [-0.25, -0.2) is 0 Å². The van der Waals surface area contributed by atoms with E-state index in [4.69, 9.17) is 9.47 Å². The van der Waals surface area contributed by atoms with Crippen molar-refractivity contribution in [3.63, 3.8) is 0 Å². The molecule has 2 aromatic carbocycles. The number of rotatable bonds is 7. The van der Waals surface area contributed by atoms with E-state index in [-0.39, 0.29) is 17.4 Å². The van der Waals surface area contributed by atoms with Gasteiger partial charge in [0.25, 0.3) is 0 Å². The number of carbonyl (C=O) groups excluding carboxylic acids is 1. The van der Waals surface area contributed by atoms with Crippen molar-refractivity contribution in [1.82, 2.24) is 5.32 Å². The molecule has 0 heterocycles. The largest absolute Gasteiger partial charge is 0.497 e. The second kappa shape index (κ2) is 8.94. The van der Waals surface area contributed by atoms with E-state index in [9.17, 15) is 4.79 Å². The third-order valence-electron chi connectivity index (χ3n) is 4.74. The van der Waals surface area contributed by atoms with Gasteiger partial charge >= 0.3 is 0 Å². The smallest absolute Gasteiger partial charge is 0.220 e. The zero-order valence-electron chi connectivity index (χ0n) is 17.3. The molecule has 1 atom stereocenters. The summed E-state index contributed by atoms with van der Waals surface area (Å²) in [6.45, 7) is 8.55. The van der Waals surface area contributed by atoms with Crippen molar-refractivity contribution in [3.05, 3.63) is 59.2 Å². The second-order valence-electron chi connectivity index (χ2n) is 7.84. The Labute approximate surface area is 162 Å². The lowest BCUT2D eigenvalue weighted by molar-refractivity contribution is -0.121. The van der Waals surface area contributed by atoms with Gasteiger partial charge in [-0.15, -0.1) is 0 Å². The SMILES string of the molecule is COc1ccc(OC)c([C@@H](C)NC(=O)CCc2ccc(C(C)(C)C)cc2)c1. The Bertz CT molecular complexity index is 760. The van der Waals surface area contributed by atoms with E-state index in [1.807, 2.05) is 25.1 Å². The summed E-state index contributed by atoms with van der Waals surface area (Å²) in [6, 6.07) is 14.0. The van der Waals surface area contributed by atoms with Crippen molar-refractivity contribution in [3.8, 4) is 11.5 Å². The number of nitrogens with one attached hydrogen (secondary N) is 1. The highest BCUT2D eigenvalue weighted by Gasteiger charge is 2.16. The fourth-order valence-corrected chi connectivity index (χ4v) is 3.00. The van der Waals surface area contributed by atoms with Crippen LogP contribution < -0.4 is 14.8 Å². The molecule has 2 aromatic rings. The van der Waals surface area contributed by atoms with Crippen LogP contribution >= 0.6 is 0 Å². The van der Waals surface area contributed by atoms with Crippen LogP contribution in [-0.2, 0) is 16.6 Å². The number of aryl methyl sites for hydroxylation is 1. The number of carbonyl (C=O) groups is 1. The summed E-state index contributed by atoms with van der Waals surface area (Å²) in [7, 11) is 3.25. The number of methoxy groups -OCH3 is 2. The Hall–Kier alpha value is -2.49. The molecule has 0 radical (unpaired) electrons. The van der Waals surface area contributed by atoms with Crippen molar-refractivity contribution in [2.75, 3.05) is 14.2 Å². The average Bonchev–Trinajstić information content (AvgIpc) is 2.65. The van der Waals surface area contributed by atoms with E-state index >= 15 is 0 Å². The van der Waals surface area contributed by atoms with Crippen molar-refractivity contribution < 1.29 is 14.3 Å². The third-order valence-corrected chi connectivity index (χ3v) is 4.74. The topological polar surface area (TPSA) is 47.6 Å².